The smallest absolute Gasteiger partial charge is 0.0858 e. The first-order valence-corrected chi connectivity index (χ1v) is 10.6. The summed E-state index contributed by atoms with van der Waals surface area (Å²) < 4.78 is 0. The van der Waals surface area contributed by atoms with Crippen LogP contribution < -0.4 is 4.90 Å². The third-order valence-electron chi connectivity index (χ3n) is 4.82. The van der Waals surface area contributed by atoms with E-state index in [2.05, 4.69) is 53.2 Å². The molecular weight excluding hydrogens is 330 g/mol. The average molecular weight is 366 g/mol. The van der Waals surface area contributed by atoms with Crippen molar-refractivity contribution in [2.75, 3.05) is 18.0 Å². The first-order valence-electron chi connectivity index (χ1n) is 10.6. The molecule has 146 valence electrons. The molecule has 0 spiro atoms. The second-order valence-corrected chi connectivity index (χ2v) is 7.16. The van der Waals surface area contributed by atoms with Gasteiger partial charge in [0, 0.05) is 18.8 Å². The van der Waals surface area contributed by atoms with E-state index in [-0.39, 0.29) is 0 Å². The van der Waals surface area contributed by atoms with Crippen molar-refractivity contribution >= 4 is 17.1 Å². The number of hydrogen-bond donors (Lipinski definition) is 0. The Bertz CT molecular complexity index is 622. The second-order valence-electron chi connectivity index (χ2n) is 7.16. The van der Waals surface area contributed by atoms with Crippen LogP contribution in [0.3, 0.4) is 0 Å². The quantitative estimate of drug-likeness (QED) is 0.260. The number of nitrogens with zero attached hydrogens (tertiary/aromatic N) is 3. The molecule has 0 saturated heterocycles. The Morgan fingerprint density at radius 1 is 0.593 bits per heavy atom. The summed E-state index contributed by atoms with van der Waals surface area (Å²) in [5.74, 6) is 0. The van der Waals surface area contributed by atoms with E-state index in [1.807, 2.05) is 30.3 Å². The van der Waals surface area contributed by atoms with E-state index in [9.17, 15) is 0 Å². The van der Waals surface area contributed by atoms with Gasteiger partial charge in [-0.3, -0.25) is 0 Å². The van der Waals surface area contributed by atoms with Crippen LogP contribution in [-0.4, -0.2) is 13.1 Å². The fraction of sp³-hybridized carbons (Fsp3) is 0.500. The maximum absolute atomic E-state index is 4.36. The highest BCUT2D eigenvalue weighted by Gasteiger charge is 2.06. The minimum atomic E-state index is 0.884. The van der Waals surface area contributed by atoms with Gasteiger partial charge in [-0.1, -0.05) is 70.6 Å². The van der Waals surface area contributed by atoms with Gasteiger partial charge >= 0.3 is 0 Å². The van der Waals surface area contributed by atoms with Crippen LogP contribution in [0.25, 0.3) is 0 Å². The summed E-state index contributed by atoms with van der Waals surface area (Å²) in [6, 6.07) is 18.4. The molecule has 0 aliphatic heterocycles. The fourth-order valence-electron chi connectivity index (χ4n) is 3.17. The predicted octanol–water partition coefficient (Wildman–Crippen LogP) is 8.07. The Labute approximate surface area is 165 Å². The van der Waals surface area contributed by atoms with E-state index in [0.717, 1.165) is 24.5 Å². The van der Waals surface area contributed by atoms with Crippen molar-refractivity contribution in [3.63, 3.8) is 0 Å². The maximum atomic E-state index is 4.36. The van der Waals surface area contributed by atoms with Crippen LogP contribution >= 0.6 is 0 Å². The normalized spacial score (nSPS) is 11.2. The number of hydrogen-bond acceptors (Lipinski definition) is 3. The molecule has 27 heavy (non-hydrogen) atoms. The monoisotopic (exact) mass is 365 g/mol. The molecule has 3 nitrogen and oxygen atoms in total. The summed E-state index contributed by atoms with van der Waals surface area (Å²) in [7, 11) is 0. The standard InChI is InChI=1S/C24H35N3/c1-3-5-7-12-20-27(21-13-8-6-4-2)24-18-16-23(17-19-24)26-25-22-14-10-9-11-15-22/h9-11,14-19H,3-8,12-13,20-21H2,1-2H3. The molecule has 0 aliphatic rings. The van der Waals surface area contributed by atoms with E-state index in [1.165, 1.54) is 57.1 Å². The number of benzene rings is 2. The van der Waals surface area contributed by atoms with Gasteiger partial charge in [0.1, 0.15) is 0 Å². The summed E-state index contributed by atoms with van der Waals surface area (Å²) in [4.78, 5) is 2.55. The zero-order valence-corrected chi connectivity index (χ0v) is 17.1. The van der Waals surface area contributed by atoms with Crippen LogP contribution in [0.15, 0.2) is 64.8 Å². The van der Waals surface area contributed by atoms with Crippen LogP contribution in [-0.2, 0) is 0 Å². The largest absolute Gasteiger partial charge is 0.372 e. The van der Waals surface area contributed by atoms with Gasteiger partial charge in [-0.25, -0.2) is 0 Å². The van der Waals surface area contributed by atoms with E-state index in [1.54, 1.807) is 0 Å². The van der Waals surface area contributed by atoms with Gasteiger partial charge < -0.3 is 4.90 Å². The van der Waals surface area contributed by atoms with Crippen LogP contribution in [0.1, 0.15) is 65.2 Å². The van der Waals surface area contributed by atoms with Gasteiger partial charge in [0.25, 0.3) is 0 Å². The lowest BCUT2D eigenvalue weighted by Crippen LogP contribution is -2.25. The molecule has 0 bridgehead atoms. The SMILES string of the molecule is CCCCCCN(CCCCCC)c1ccc(N=Nc2ccccc2)cc1. The lowest BCUT2D eigenvalue weighted by Gasteiger charge is -2.25. The van der Waals surface area contributed by atoms with Gasteiger partial charge in [0.15, 0.2) is 0 Å². The lowest BCUT2D eigenvalue weighted by molar-refractivity contribution is 0.609. The number of rotatable bonds is 13. The Kier molecular flexibility index (Phi) is 10.2. The first-order chi connectivity index (χ1) is 13.3. The third-order valence-corrected chi connectivity index (χ3v) is 4.82. The maximum Gasteiger partial charge on any atom is 0.0858 e. The molecule has 0 N–H and O–H groups in total. The zero-order chi connectivity index (χ0) is 19.2. The molecule has 0 saturated carbocycles. The van der Waals surface area contributed by atoms with Crippen LogP contribution in [0.4, 0.5) is 17.1 Å². The van der Waals surface area contributed by atoms with E-state index in [0.29, 0.717) is 0 Å². The molecule has 2 aromatic rings. The van der Waals surface area contributed by atoms with Gasteiger partial charge in [0.05, 0.1) is 11.4 Å². The highest BCUT2D eigenvalue weighted by Crippen LogP contribution is 2.23. The summed E-state index contributed by atoms with van der Waals surface area (Å²) in [5.41, 5.74) is 3.09. The van der Waals surface area contributed by atoms with E-state index in [4.69, 9.17) is 0 Å². The highest BCUT2D eigenvalue weighted by molar-refractivity contribution is 5.53. The zero-order valence-electron chi connectivity index (χ0n) is 17.1. The molecule has 3 heteroatoms. The van der Waals surface area contributed by atoms with Gasteiger partial charge in [0.2, 0.25) is 0 Å². The van der Waals surface area contributed by atoms with Crippen LogP contribution in [0.5, 0.6) is 0 Å². The van der Waals surface area contributed by atoms with Gasteiger partial charge in [-0.15, -0.1) is 0 Å². The highest BCUT2D eigenvalue weighted by atomic mass is 15.1. The number of unbranched alkanes of at least 4 members (excludes halogenated alkanes) is 6. The van der Waals surface area contributed by atoms with Crippen molar-refractivity contribution in [1.82, 2.24) is 0 Å². The molecule has 0 radical (unpaired) electrons. The lowest BCUT2D eigenvalue weighted by atomic mass is 10.1. The summed E-state index contributed by atoms with van der Waals surface area (Å²) in [5, 5.41) is 8.66. The Morgan fingerprint density at radius 2 is 1.11 bits per heavy atom. The minimum Gasteiger partial charge on any atom is -0.372 e. The van der Waals surface area contributed by atoms with Crippen molar-refractivity contribution in [3.8, 4) is 0 Å². The van der Waals surface area contributed by atoms with Crippen molar-refractivity contribution in [1.29, 1.82) is 0 Å². The van der Waals surface area contributed by atoms with Crippen LogP contribution in [0.2, 0.25) is 0 Å². The second kappa shape index (κ2) is 13.1. The van der Waals surface area contributed by atoms with Crippen LogP contribution in [0, 0.1) is 0 Å². The first kappa shape index (κ1) is 21.1. The van der Waals surface area contributed by atoms with E-state index >= 15 is 0 Å². The van der Waals surface area contributed by atoms with E-state index < -0.39 is 0 Å². The Balaban J connectivity index is 1.95. The molecule has 0 amide bonds. The topological polar surface area (TPSA) is 28.0 Å². The minimum absolute atomic E-state index is 0.884. The predicted molar refractivity (Wildman–Crippen MR) is 118 cm³/mol. The fourth-order valence-corrected chi connectivity index (χ4v) is 3.17. The Morgan fingerprint density at radius 3 is 1.63 bits per heavy atom. The van der Waals surface area contributed by atoms with Gasteiger partial charge in [-0.05, 0) is 49.2 Å². The number of anilines is 1. The molecule has 0 aliphatic carbocycles. The van der Waals surface area contributed by atoms with Crippen molar-refractivity contribution in [3.05, 3.63) is 54.6 Å². The molecular formula is C24H35N3. The summed E-state index contributed by atoms with van der Waals surface area (Å²) >= 11 is 0. The van der Waals surface area contributed by atoms with Crippen molar-refractivity contribution in [2.24, 2.45) is 10.2 Å². The van der Waals surface area contributed by atoms with Crippen molar-refractivity contribution in [2.45, 2.75) is 65.2 Å². The molecule has 2 aromatic carbocycles. The molecule has 0 heterocycles. The summed E-state index contributed by atoms with van der Waals surface area (Å²) in [6.07, 6.45) is 10.4. The van der Waals surface area contributed by atoms with Gasteiger partial charge in [-0.2, -0.15) is 10.2 Å². The third kappa shape index (κ3) is 8.38. The molecule has 0 fully saturated rings. The number of azo groups is 1. The Hall–Kier alpha value is -2.16. The molecule has 2 rings (SSSR count). The summed E-state index contributed by atoms with van der Waals surface area (Å²) in [6.45, 7) is 6.84. The molecule has 0 atom stereocenters. The van der Waals surface area contributed by atoms with Crippen molar-refractivity contribution < 1.29 is 0 Å². The average Bonchev–Trinajstić information content (AvgIpc) is 2.72. The molecule has 0 unspecified atom stereocenters. The molecule has 0 aromatic heterocycles.